The average Bonchev–Trinajstić information content (AvgIpc) is 2.20. The van der Waals surface area contributed by atoms with Crippen LogP contribution in [0, 0.1) is 11.8 Å². The highest BCUT2D eigenvalue weighted by atomic mass is 19.4. The van der Waals surface area contributed by atoms with E-state index in [1.807, 2.05) is 0 Å². The molecule has 20 heavy (non-hydrogen) atoms. The van der Waals surface area contributed by atoms with Crippen LogP contribution in [0.2, 0.25) is 0 Å². The van der Waals surface area contributed by atoms with Crippen LogP contribution in [-0.2, 0) is 9.59 Å². The summed E-state index contributed by atoms with van der Waals surface area (Å²) in [6.45, 7) is 1.05. The summed E-state index contributed by atoms with van der Waals surface area (Å²) in [6, 6.07) is 0. The van der Waals surface area contributed by atoms with Crippen molar-refractivity contribution in [3.05, 3.63) is 0 Å². The Morgan fingerprint density at radius 3 is 1.75 bits per heavy atom. The van der Waals surface area contributed by atoms with Gasteiger partial charge in [-0.3, -0.25) is 9.59 Å². The number of carboxylic acids is 1. The van der Waals surface area contributed by atoms with Gasteiger partial charge in [0.25, 0.3) is 0 Å². The molecule has 0 fully saturated rings. The van der Waals surface area contributed by atoms with Crippen molar-refractivity contribution in [3.63, 3.8) is 0 Å². The number of amides is 1. The van der Waals surface area contributed by atoms with Crippen LogP contribution in [0.1, 0.15) is 13.8 Å². The number of halogens is 6. The fourth-order valence-corrected chi connectivity index (χ4v) is 1.43. The molecule has 0 aliphatic carbocycles. The zero-order valence-electron chi connectivity index (χ0n) is 10.5. The third-order valence-corrected chi connectivity index (χ3v) is 2.51. The molecule has 0 aromatic heterocycles. The first kappa shape index (κ1) is 18.5. The molecule has 1 N–H and O–H groups in total. The van der Waals surface area contributed by atoms with E-state index in [2.05, 4.69) is 0 Å². The predicted molar refractivity (Wildman–Crippen MR) is 54.7 cm³/mol. The van der Waals surface area contributed by atoms with Crippen molar-refractivity contribution in [2.45, 2.75) is 26.2 Å². The van der Waals surface area contributed by atoms with Crippen LogP contribution in [-0.4, -0.2) is 47.3 Å². The van der Waals surface area contributed by atoms with Crippen LogP contribution in [0.3, 0.4) is 0 Å². The van der Waals surface area contributed by atoms with E-state index in [0.29, 0.717) is 0 Å². The molecule has 0 aliphatic rings. The Labute approximate surface area is 110 Å². The molecule has 1 unspecified atom stereocenters. The monoisotopic (exact) mass is 309 g/mol. The molecule has 0 saturated heterocycles. The summed E-state index contributed by atoms with van der Waals surface area (Å²) in [5.41, 5.74) is 0. The first-order valence-electron chi connectivity index (χ1n) is 5.47. The molecule has 0 bridgehead atoms. The van der Waals surface area contributed by atoms with E-state index >= 15 is 0 Å². The molecular formula is C10H13F6NO3. The van der Waals surface area contributed by atoms with Gasteiger partial charge in [0.15, 0.2) is 0 Å². The standard InChI is InChI=1S/C10H13F6NO3/c1-3-17(4-5(2)8(19)20)7(18)6(9(11,12)13)10(14,15)16/h5-6H,3-4H2,1-2H3,(H,19,20). The van der Waals surface area contributed by atoms with Crippen molar-refractivity contribution >= 4 is 11.9 Å². The molecule has 1 amide bonds. The topological polar surface area (TPSA) is 57.6 Å². The molecule has 1 atom stereocenters. The second-order valence-corrected chi connectivity index (χ2v) is 4.13. The first-order valence-corrected chi connectivity index (χ1v) is 5.47. The minimum atomic E-state index is -5.78. The highest BCUT2D eigenvalue weighted by Crippen LogP contribution is 2.40. The molecule has 0 aromatic carbocycles. The van der Waals surface area contributed by atoms with Crippen molar-refractivity contribution in [1.82, 2.24) is 4.90 Å². The number of alkyl halides is 6. The number of carboxylic acid groups (broad SMARTS) is 1. The lowest BCUT2D eigenvalue weighted by molar-refractivity contribution is -0.277. The SMILES string of the molecule is CCN(CC(C)C(=O)O)C(=O)C(C(F)(F)F)C(F)(F)F. The second kappa shape index (κ2) is 6.31. The van der Waals surface area contributed by atoms with Gasteiger partial charge in [-0.25, -0.2) is 0 Å². The van der Waals surface area contributed by atoms with Crippen molar-refractivity contribution in [1.29, 1.82) is 0 Å². The Hall–Kier alpha value is -1.48. The zero-order chi connectivity index (χ0) is 16.3. The molecule has 0 saturated carbocycles. The number of hydrogen-bond donors (Lipinski definition) is 1. The molecule has 0 aromatic rings. The maximum atomic E-state index is 12.4. The predicted octanol–water partition coefficient (Wildman–Crippen LogP) is 2.30. The summed E-state index contributed by atoms with van der Waals surface area (Å²) < 4.78 is 74.3. The van der Waals surface area contributed by atoms with Crippen LogP contribution >= 0.6 is 0 Å². The van der Waals surface area contributed by atoms with Gasteiger partial charge in [0, 0.05) is 13.1 Å². The maximum absolute atomic E-state index is 12.4. The normalized spacial score (nSPS) is 14.2. The summed E-state index contributed by atoms with van der Waals surface area (Å²) in [7, 11) is 0. The van der Waals surface area contributed by atoms with Crippen LogP contribution in [0.4, 0.5) is 26.3 Å². The summed E-state index contributed by atoms with van der Waals surface area (Å²) >= 11 is 0. The molecule has 0 heterocycles. The van der Waals surface area contributed by atoms with Gasteiger partial charge in [-0.05, 0) is 6.92 Å². The molecular weight excluding hydrogens is 296 g/mol. The lowest BCUT2D eigenvalue weighted by atomic mass is 10.1. The van der Waals surface area contributed by atoms with Gasteiger partial charge in [0.2, 0.25) is 11.8 Å². The molecule has 4 nitrogen and oxygen atoms in total. The van der Waals surface area contributed by atoms with Gasteiger partial charge in [0.05, 0.1) is 5.92 Å². The Balaban J connectivity index is 5.27. The molecule has 0 radical (unpaired) electrons. The molecule has 10 heteroatoms. The number of rotatable bonds is 5. The second-order valence-electron chi connectivity index (χ2n) is 4.13. The van der Waals surface area contributed by atoms with Gasteiger partial charge in [0.1, 0.15) is 0 Å². The summed E-state index contributed by atoms with van der Waals surface area (Å²) in [6.07, 6.45) is -11.6. The van der Waals surface area contributed by atoms with Crippen molar-refractivity contribution in [2.24, 2.45) is 11.8 Å². The fraction of sp³-hybridized carbons (Fsp3) is 0.800. The van der Waals surface area contributed by atoms with Crippen molar-refractivity contribution in [3.8, 4) is 0 Å². The Bertz CT molecular complexity index is 351. The van der Waals surface area contributed by atoms with Crippen LogP contribution in [0.25, 0.3) is 0 Å². The highest BCUT2D eigenvalue weighted by Gasteiger charge is 2.62. The summed E-state index contributed by atoms with van der Waals surface area (Å²) in [4.78, 5) is 22.2. The summed E-state index contributed by atoms with van der Waals surface area (Å²) in [5.74, 6) is -9.04. The fourth-order valence-electron chi connectivity index (χ4n) is 1.43. The van der Waals surface area contributed by atoms with E-state index < -0.39 is 49.2 Å². The largest absolute Gasteiger partial charge is 0.481 e. The molecule has 118 valence electrons. The van der Waals surface area contributed by atoms with E-state index in [1.54, 1.807) is 0 Å². The molecule has 0 rings (SSSR count). The lowest BCUT2D eigenvalue weighted by Crippen LogP contribution is -2.50. The van der Waals surface area contributed by atoms with Gasteiger partial charge in [-0.1, -0.05) is 6.92 Å². The van der Waals surface area contributed by atoms with Crippen LogP contribution in [0.5, 0.6) is 0 Å². The van der Waals surface area contributed by atoms with E-state index in [4.69, 9.17) is 5.11 Å². The first-order chi connectivity index (χ1) is 8.82. The van der Waals surface area contributed by atoms with E-state index in [9.17, 15) is 35.9 Å². The minimum Gasteiger partial charge on any atom is -0.481 e. The number of carbonyl (C=O) groups excluding carboxylic acids is 1. The Morgan fingerprint density at radius 2 is 1.50 bits per heavy atom. The number of carbonyl (C=O) groups is 2. The number of aliphatic carboxylic acids is 1. The van der Waals surface area contributed by atoms with Gasteiger partial charge < -0.3 is 10.0 Å². The van der Waals surface area contributed by atoms with Gasteiger partial charge >= 0.3 is 18.3 Å². The smallest absolute Gasteiger partial charge is 0.409 e. The van der Waals surface area contributed by atoms with Crippen molar-refractivity contribution in [2.75, 3.05) is 13.1 Å². The number of hydrogen-bond acceptors (Lipinski definition) is 2. The van der Waals surface area contributed by atoms with E-state index in [1.165, 1.54) is 0 Å². The molecule has 0 spiro atoms. The Kier molecular flexibility index (Phi) is 5.85. The van der Waals surface area contributed by atoms with Gasteiger partial charge in [-0.15, -0.1) is 0 Å². The van der Waals surface area contributed by atoms with Crippen LogP contribution < -0.4 is 0 Å². The third-order valence-electron chi connectivity index (χ3n) is 2.51. The zero-order valence-corrected chi connectivity index (χ0v) is 10.5. The number of nitrogens with zero attached hydrogens (tertiary/aromatic N) is 1. The average molecular weight is 309 g/mol. The van der Waals surface area contributed by atoms with E-state index in [-0.39, 0.29) is 4.90 Å². The van der Waals surface area contributed by atoms with E-state index in [0.717, 1.165) is 13.8 Å². The third kappa shape index (κ3) is 4.89. The quantitative estimate of drug-likeness (QED) is 0.793. The minimum absolute atomic E-state index is 0.241. The molecule has 0 aliphatic heterocycles. The van der Waals surface area contributed by atoms with Crippen molar-refractivity contribution < 1.29 is 41.0 Å². The Morgan fingerprint density at radius 1 is 1.10 bits per heavy atom. The lowest BCUT2D eigenvalue weighted by Gasteiger charge is -2.29. The highest BCUT2D eigenvalue weighted by molar-refractivity contribution is 5.81. The summed E-state index contributed by atoms with van der Waals surface area (Å²) in [5, 5.41) is 8.58. The van der Waals surface area contributed by atoms with Gasteiger partial charge in [-0.2, -0.15) is 26.3 Å². The maximum Gasteiger partial charge on any atom is 0.409 e. The van der Waals surface area contributed by atoms with Crippen LogP contribution in [0.15, 0.2) is 0 Å².